The van der Waals surface area contributed by atoms with E-state index in [-0.39, 0.29) is 12.0 Å². The molecule has 2 aromatic rings. The number of aliphatic hydroxyl groups is 1. The highest BCUT2D eigenvalue weighted by Gasteiger charge is 2.24. The predicted octanol–water partition coefficient (Wildman–Crippen LogP) is 1.66. The molecule has 7 heteroatoms. The summed E-state index contributed by atoms with van der Waals surface area (Å²) in [5.41, 5.74) is 1.25. The fourth-order valence-electron chi connectivity index (χ4n) is 2.87. The lowest BCUT2D eigenvalue weighted by atomic mass is 10.2. The van der Waals surface area contributed by atoms with Crippen LogP contribution in [0.25, 0.3) is 5.69 Å². The molecule has 0 aliphatic carbocycles. The Balaban J connectivity index is 1.64. The molecule has 1 amide bonds. The van der Waals surface area contributed by atoms with Crippen molar-refractivity contribution in [3.63, 3.8) is 0 Å². The van der Waals surface area contributed by atoms with Crippen LogP contribution >= 0.6 is 11.6 Å². The van der Waals surface area contributed by atoms with Gasteiger partial charge in [0, 0.05) is 43.9 Å². The van der Waals surface area contributed by atoms with Gasteiger partial charge in [-0.05, 0) is 31.2 Å². The van der Waals surface area contributed by atoms with Gasteiger partial charge in [0.1, 0.15) is 0 Å². The highest BCUT2D eigenvalue weighted by Crippen LogP contribution is 2.15. The first-order valence-corrected chi connectivity index (χ1v) is 8.42. The summed E-state index contributed by atoms with van der Waals surface area (Å²) in [4.78, 5) is 16.6. The number of β-amino-alcohol motifs (C(OH)–C–C–N with tert-alkyl or cyclic N) is 1. The molecule has 24 heavy (non-hydrogen) atoms. The molecule has 0 radical (unpaired) electrons. The van der Waals surface area contributed by atoms with E-state index in [4.69, 9.17) is 11.6 Å². The first kappa shape index (κ1) is 17.0. The minimum atomic E-state index is -0.347. The van der Waals surface area contributed by atoms with Crippen LogP contribution in [-0.4, -0.2) is 69.4 Å². The minimum Gasteiger partial charge on any atom is -0.392 e. The zero-order chi connectivity index (χ0) is 17.1. The van der Waals surface area contributed by atoms with Crippen LogP contribution in [0.5, 0.6) is 0 Å². The topological polar surface area (TPSA) is 61.6 Å². The number of aliphatic hydroxyl groups excluding tert-OH is 1. The van der Waals surface area contributed by atoms with Crippen molar-refractivity contribution in [1.82, 2.24) is 19.6 Å². The number of aromatic nitrogens is 2. The molecule has 2 heterocycles. The van der Waals surface area contributed by atoms with Crippen LogP contribution in [-0.2, 0) is 0 Å². The molecule has 1 aliphatic heterocycles. The summed E-state index contributed by atoms with van der Waals surface area (Å²) >= 11 is 6.00. The molecule has 0 bridgehead atoms. The van der Waals surface area contributed by atoms with Crippen molar-refractivity contribution in [2.24, 2.45) is 0 Å². The zero-order valence-electron chi connectivity index (χ0n) is 13.6. The first-order valence-electron chi connectivity index (χ1n) is 8.04. The first-order chi connectivity index (χ1) is 11.5. The molecule has 0 saturated carbocycles. The van der Waals surface area contributed by atoms with Gasteiger partial charge in [0.05, 0.1) is 11.8 Å². The van der Waals surface area contributed by atoms with Gasteiger partial charge in [-0.3, -0.25) is 9.69 Å². The summed E-state index contributed by atoms with van der Waals surface area (Å²) in [6.07, 6.45) is 1.42. The normalized spacial score (nSPS) is 17.0. The lowest BCUT2D eigenvalue weighted by Gasteiger charge is -2.34. The molecule has 1 atom stereocenters. The van der Waals surface area contributed by atoms with Gasteiger partial charge in [0.25, 0.3) is 5.91 Å². The highest BCUT2D eigenvalue weighted by atomic mass is 35.5. The molecule has 3 rings (SSSR count). The van der Waals surface area contributed by atoms with Gasteiger partial charge in [0.15, 0.2) is 5.69 Å². The Bertz CT molecular complexity index is 708. The van der Waals surface area contributed by atoms with Crippen LogP contribution in [0.1, 0.15) is 17.4 Å². The summed E-state index contributed by atoms with van der Waals surface area (Å²) in [6.45, 7) is 5.26. The lowest BCUT2D eigenvalue weighted by Crippen LogP contribution is -2.50. The molecule has 0 spiro atoms. The van der Waals surface area contributed by atoms with Gasteiger partial charge in [0.2, 0.25) is 0 Å². The van der Waals surface area contributed by atoms with Crippen molar-refractivity contribution >= 4 is 17.5 Å². The van der Waals surface area contributed by atoms with Crippen molar-refractivity contribution < 1.29 is 9.90 Å². The number of carbonyl (C=O) groups is 1. The van der Waals surface area contributed by atoms with Crippen LogP contribution in [0.2, 0.25) is 5.02 Å². The number of amides is 1. The van der Waals surface area contributed by atoms with E-state index >= 15 is 0 Å². The van der Waals surface area contributed by atoms with Gasteiger partial charge in [-0.2, -0.15) is 5.10 Å². The molecule has 1 aromatic heterocycles. The Morgan fingerprint density at radius 1 is 1.29 bits per heavy atom. The molecule has 1 saturated heterocycles. The third kappa shape index (κ3) is 3.95. The number of nitrogens with zero attached hydrogens (tertiary/aromatic N) is 4. The molecular formula is C17H21ClN4O2. The van der Waals surface area contributed by atoms with Gasteiger partial charge < -0.3 is 10.0 Å². The van der Waals surface area contributed by atoms with E-state index in [9.17, 15) is 9.90 Å². The Labute approximate surface area is 146 Å². The molecule has 0 unspecified atom stereocenters. The largest absolute Gasteiger partial charge is 0.392 e. The second-order valence-corrected chi connectivity index (χ2v) is 6.50. The third-order valence-corrected chi connectivity index (χ3v) is 4.30. The quantitative estimate of drug-likeness (QED) is 0.913. The van der Waals surface area contributed by atoms with Crippen LogP contribution in [0.15, 0.2) is 36.5 Å². The van der Waals surface area contributed by atoms with Crippen LogP contribution in [0, 0.1) is 0 Å². The average Bonchev–Trinajstić information content (AvgIpc) is 3.04. The maximum Gasteiger partial charge on any atom is 0.274 e. The standard InChI is InChI=1S/C17H21ClN4O2/c1-13(23)12-20-7-9-21(10-8-20)17(24)16-5-6-22(19-16)15-4-2-3-14(18)11-15/h2-6,11,13,23H,7-10,12H2,1H3/t13-/m1/s1. The third-order valence-electron chi connectivity index (χ3n) is 4.06. The van der Waals surface area contributed by atoms with Crippen molar-refractivity contribution in [2.75, 3.05) is 32.7 Å². The number of carbonyl (C=O) groups excluding carboxylic acids is 1. The Morgan fingerprint density at radius 2 is 2.04 bits per heavy atom. The summed E-state index contributed by atoms with van der Waals surface area (Å²) < 4.78 is 1.66. The summed E-state index contributed by atoms with van der Waals surface area (Å²) in [6, 6.07) is 9.07. The molecule has 1 N–H and O–H groups in total. The number of piperazine rings is 1. The van der Waals surface area contributed by atoms with Crippen molar-refractivity contribution in [3.8, 4) is 5.69 Å². The monoisotopic (exact) mass is 348 g/mol. The summed E-state index contributed by atoms with van der Waals surface area (Å²) in [5, 5.41) is 14.5. The van der Waals surface area contributed by atoms with E-state index in [0.717, 1.165) is 18.8 Å². The van der Waals surface area contributed by atoms with Crippen molar-refractivity contribution in [1.29, 1.82) is 0 Å². The maximum absolute atomic E-state index is 12.6. The Hall–Kier alpha value is -1.89. The molecule has 6 nitrogen and oxygen atoms in total. The molecule has 1 aliphatic rings. The van der Waals surface area contributed by atoms with E-state index < -0.39 is 0 Å². The SMILES string of the molecule is C[C@@H](O)CN1CCN(C(=O)c2ccn(-c3cccc(Cl)c3)n2)CC1. The fourth-order valence-corrected chi connectivity index (χ4v) is 3.05. The van der Waals surface area contributed by atoms with E-state index in [0.29, 0.717) is 30.4 Å². The predicted molar refractivity (Wildman–Crippen MR) is 92.6 cm³/mol. The second kappa shape index (κ2) is 7.34. The number of rotatable bonds is 4. The van der Waals surface area contributed by atoms with E-state index in [1.54, 1.807) is 36.0 Å². The van der Waals surface area contributed by atoms with Crippen LogP contribution in [0.4, 0.5) is 0 Å². The van der Waals surface area contributed by atoms with E-state index in [2.05, 4.69) is 10.00 Å². The molecule has 1 fully saturated rings. The smallest absolute Gasteiger partial charge is 0.274 e. The van der Waals surface area contributed by atoms with Crippen LogP contribution in [0.3, 0.4) is 0 Å². The maximum atomic E-state index is 12.6. The van der Waals surface area contributed by atoms with E-state index in [1.807, 2.05) is 17.0 Å². The average molecular weight is 349 g/mol. The lowest BCUT2D eigenvalue weighted by molar-refractivity contribution is 0.0549. The number of hydrogen-bond donors (Lipinski definition) is 1. The number of benzene rings is 1. The minimum absolute atomic E-state index is 0.0625. The Kier molecular flexibility index (Phi) is 5.18. The molecule has 1 aromatic carbocycles. The van der Waals surface area contributed by atoms with Gasteiger partial charge >= 0.3 is 0 Å². The fraction of sp³-hybridized carbons (Fsp3) is 0.412. The van der Waals surface area contributed by atoms with Gasteiger partial charge in [-0.15, -0.1) is 0 Å². The number of hydrogen-bond acceptors (Lipinski definition) is 4. The van der Waals surface area contributed by atoms with E-state index in [1.165, 1.54) is 0 Å². The second-order valence-electron chi connectivity index (χ2n) is 6.07. The molecular weight excluding hydrogens is 328 g/mol. The Morgan fingerprint density at radius 3 is 2.71 bits per heavy atom. The summed E-state index contributed by atoms with van der Waals surface area (Å²) in [7, 11) is 0. The summed E-state index contributed by atoms with van der Waals surface area (Å²) in [5.74, 6) is -0.0625. The van der Waals surface area contributed by atoms with Crippen LogP contribution < -0.4 is 0 Å². The highest BCUT2D eigenvalue weighted by molar-refractivity contribution is 6.30. The van der Waals surface area contributed by atoms with Crippen molar-refractivity contribution in [3.05, 3.63) is 47.2 Å². The van der Waals surface area contributed by atoms with Gasteiger partial charge in [-0.1, -0.05) is 17.7 Å². The van der Waals surface area contributed by atoms with Gasteiger partial charge in [-0.25, -0.2) is 4.68 Å². The van der Waals surface area contributed by atoms with Crippen molar-refractivity contribution in [2.45, 2.75) is 13.0 Å². The molecule has 128 valence electrons. The number of halogens is 1. The zero-order valence-corrected chi connectivity index (χ0v) is 14.4.